The molecule has 1 aromatic carbocycles. The number of pyridine rings is 1. The number of aromatic amines is 1. The Balaban J connectivity index is 2.23. The number of rotatable bonds is 3. The van der Waals surface area contributed by atoms with E-state index in [-0.39, 0.29) is 17.6 Å². The third kappa shape index (κ3) is 2.34. The van der Waals surface area contributed by atoms with Crippen LogP contribution in [0, 0.1) is 0 Å². The zero-order valence-electron chi connectivity index (χ0n) is 11.3. The molecule has 0 aliphatic heterocycles. The van der Waals surface area contributed by atoms with Crippen LogP contribution in [-0.4, -0.2) is 21.9 Å². The molecule has 0 saturated heterocycles. The summed E-state index contributed by atoms with van der Waals surface area (Å²) in [6, 6.07) is 9.41. The third-order valence-corrected chi connectivity index (χ3v) is 3.83. The highest BCUT2D eigenvalue weighted by Crippen LogP contribution is 2.27. The zero-order chi connectivity index (χ0) is 14.8. The number of aromatic nitrogens is 2. The summed E-state index contributed by atoms with van der Waals surface area (Å²) in [5.74, 6) is -0.620. The van der Waals surface area contributed by atoms with Crippen LogP contribution >= 0.6 is 11.5 Å². The molecule has 2 heterocycles. The lowest BCUT2D eigenvalue weighted by atomic mass is 10.1. The number of nitrogens with zero attached hydrogens (tertiary/aromatic N) is 1. The lowest BCUT2D eigenvalue weighted by molar-refractivity contribution is 0.0524. The molecule has 0 spiro atoms. The molecule has 6 heteroatoms. The van der Waals surface area contributed by atoms with Gasteiger partial charge < -0.3 is 9.72 Å². The number of fused-ring (bicyclic) bond motifs is 1. The molecule has 106 valence electrons. The molecule has 0 radical (unpaired) electrons. The molecule has 0 aliphatic rings. The molecule has 1 N–H and O–H groups in total. The van der Waals surface area contributed by atoms with Crippen LogP contribution in [0.25, 0.3) is 21.5 Å². The van der Waals surface area contributed by atoms with E-state index in [4.69, 9.17) is 4.74 Å². The second-order valence-electron chi connectivity index (χ2n) is 4.35. The average Bonchev–Trinajstić information content (AvgIpc) is 2.93. The van der Waals surface area contributed by atoms with Crippen molar-refractivity contribution in [2.24, 2.45) is 0 Å². The van der Waals surface area contributed by atoms with E-state index < -0.39 is 5.97 Å². The molecule has 0 unspecified atom stereocenters. The van der Waals surface area contributed by atoms with Crippen molar-refractivity contribution in [3.63, 3.8) is 0 Å². The third-order valence-electron chi connectivity index (χ3n) is 3.05. The molecule has 21 heavy (non-hydrogen) atoms. The van der Waals surface area contributed by atoms with E-state index in [0.717, 1.165) is 5.56 Å². The van der Waals surface area contributed by atoms with Crippen molar-refractivity contribution >= 4 is 27.7 Å². The molecule has 2 aromatic heterocycles. The predicted molar refractivity (Wildman–Crippen MR) is 81.6 cm³/mol. The maximum Gasteiger partial charge on any atom is 0.343 e. The van der Waals surface area contributed by atoms with Crippen LogP contribution in [-0.2, 0) is 4.74 Å². The van der Waals surface area contributed by atoms with E-state index in [9.17, 15) is 9.59 Å². The monoisotopic (exact) mass is 300 g/mol. The summed E-state index contributed by atoms with van der Waals surface area (Å²) >= 11 is 1.20. The molecule has 0 bridgehead atoms. The Morgan fingerprint density at radius 2 is 2.10 bits per heavy atom. The number of benzene rings is 1. The Bertz CT molecular complexity index is 852. The molecule has 3 rings (SSSR count). The summed E-state index contributed by atoms with van der Waals surface area (Å²) < 4.78 is 9.24. The van der Waals surface area contributed by atoms with E-state index in [2.05, 4.69) is 9.36 Å². The van der Waals surface area contributed by atoms with Crippen molar-refractivity contribution in [2.75, 3.05) is 6.61 Å². The second-order valence-corrected chi connectivity index (χ2v) is 5.13. The quantitative estimate of drug-likeness (QED) is 0.755. The number of hydrogen-bond acceptors (Lipinski definition) is 5. The van der Waals surface area contributed by atoms with E-state index >= 15 is 0 Å². The Morgan fingerprint density at radius 1 is 1.33 bits per heavy atom. The van der Waals surface area contributed by atoms with E-state index in [1.165, 1.54) is 17.7 Å². The van der Waals surface area contributed by atoms with Gasteiger partial charge in [-0.3, -0.25) is 4.79 Å². The fourth-order valence-electron chi connectivity index (χ4n) is 2.09. The van der Waals surface area contributed by atoms with Gasteiger partial charge in [0.05, 0.1) is 17.7 Å². The van der Waals surface area contributed by atoms with Crippen molar-refractivity contribution in [1.82, 2.24) is 9.36 Å². The summed E-state index contributed by atoms with van der Waals surface area (Å²) in [5, 5.41) is 0.428. The average molecular weight is 300 g/mol. The van der Waals surface area contributed by atoms with Gasteiger partial charge in [0.25, 0.3) is 0 Å². The molecule has 0 fully saturated rings. The molecule has 5 nitrogen and oxygen atoms in total. The van der Waals surface area contributed by atoms with E-state index in [1.807, 2.05) is 30.3 Å². The predicted octanol–water partition coefficient (Wildman–Crippen LogP) is 2.83. The van der Waals surface area contributed by atoms with Gasteiger partial charge in [0.1, 0.15) is 10.4 Å². The number of carbonyl (C=O) groups excluding carboxylic acids is 1. The van der Waals surface area contributed by atoms with Gasteiger partial charge in [0, 0.05) is 11.8 Å². The Kier molecular flexibility index (Phi) is 3.53. The normalized spacial score (nSPS) is 10.7. The largest absolute Gasteiger partial charge is 0.462 e. The molecule has 0 amide bonds. The smallest absolute Gasteiger partial charge is 0.343 e. The highest BCUT2D eigenvalue weighted by molar-refractivity contribution is 7.13. The first-order valence-corrected chi connectivity index (χ1v) is 7.23. The maximum absolute atomic E-state index is 12.5. The number of H-pyrrole nitrogens is 1. The highest BCUT2D eigenvalue weighted by Gasteiger charge is 2.19. The molecule has 3 aromatic rings. The molecular formula is C15H12N2O3S. The first kappa shape index (κ1) is 13.5. The van der Waals surface area contributed by atoms with Crippen LogP contribution in [0.3, 0.4) is 0 Å². The van der Waals surface area contributed by atoms with Crippen molar-refractivity contribution in [3.8, 4) is 11.3 Å². The number of esters is 1. The van der Waals surface area contributed by atoms with Gasteiger partial charge in [-0.05, 0) is 18.5 Å². The highest BCUT2D eigenvalue weighted by atomic mass is 32.1. The Morgan fingerprint density at radius 3 is 2.81 bits per heavy atom. The van der Waals surface area contributed by atoms with Crippen LogP contribution in [0.4, 0.5) is 0 Å². The molecule has 0 aliphatic carbocycles. The van der Waals surface area contributed by atoms with E-state index in [0.29, 0.717) is 15.9 Å². The van der Waals surface area contributed by atoms with Gasteiger partial charge in [0.2, 0.25) is 5.43 Å². The first-order valence-electron chi connectivity index (χ1n) is 6.46. The van der Waals surface area contributed by atoms with Crippen LogP contribution in [0.1, 0.15) is 17.3 Å². The Hall–Kier alpha value is -2.47. The molecular weight excluding hydrogens is 288 g/mol. The summed E-state index contributed by atoms with van der Waals surface area (Å²) in [6.45, 7) is 1.93. The summed E-state index contributed by atoms with van der Waals surface area (Å²) in [4.78, 5) is 28.0. The fourth-order valence-corrected chi connectivity index (χ4v) is 2.86. The lowest BCUT2D eigenvalue weighted by Crippen LogP contribution is -2.17. The minimum atomic E-state index is -0.620. The topological polar surface area (TPSA) is 72.1 Å². The lowest BCUT2D eigenvalue weighted by Gasteiger charge is -2.02. The van der Waals surface area contributed by atoms with Gasteiger partial charge >= 0.3 is 5.97 Å². The Labute approximate surface area is 124 Å². The summed E-state index contributed by atoms with van der Waals surface area (Å²) in [6.07, 6.45) is 1.38. The first-order chi connectivity index (χ1) is 10.2. The summed E-state index contributed by atoms with van der Waals surface area (Å²) in [7, 11) is 0. The molecule has 0 saturated carbocycles. The van der Waals surface area contributed by atoms with Gasteiger partial charge in [-0.2, -0.15) is 4.37 Å². The fraction of sp³-hybridized carbons (Fsp3) is 0.133. The minimum absolute atomic E-state index is 0.00160. The maximum atomic E-state index is 12.5. The van der Waals surface area contributed by atoms with Gasteiger partial charge in [-0.25, -0.2) is 4.79 Å². The van der Waals surface area contributed by atoms with Gasteiger partial charge in [-0.15, -0.1) is 0 Å². The van der Waals surface area contributed by atoms with E-state index in [1.54, 1.807) is 6.92 Å². The SMILES string of the molecule is CCOC(=O)c1c[nH]c2snc(-c3ccccc3)c2c1=O. The zero-order valence-corrected chi connectivity index (χ0v) is 12.1. The van der Waals surface area contributed by atoms with Gasteiger partial charge in [-0.1, -0.05) is 30.3 Å². The minimum Gasteiger partial charge on any atom is -0.462 e. The summed E-state index contributed by atoms with van der Waals surface area (Å²) in [5.41, 5.74) is 1.08. The number of nitrogens with one attached hydrogen (secondary N) is 1. The second kappa shape index (κ2) is 5.49. The molecule has 0 atom stereocenters. The van der Waals surface area contributed by atoms with Crippen molar-refractivity contribution in [2.45, 2.75) is 6.92 Å². The number of carbonyl (C=O) groups is 1. The van der Waals surface area contributed by atoms with Crippen LogP contribution in [0.5, 0.6) is 0 Å². The van der Waals surface area contributed by atoms with Crippen LogP contribution in [0.2, 0.25) is 0 Å². The van der Waals surface area contributed by atoms with Crippen molar-refractivity contribution < 1.29 is 9.53 Å². The number of ether oxygens (including phenoxy) is 1. The van der Waals surface area contributed by atoms with Gasteiger partial charge in [0.15, 0.2) is 0 Å². The van der Waals surface area contributed by atoms with Crippen LogP contribution in [0.15, 0.2) is 41.3 Å². The van der Waals surface area contributed by atoms with Crippen molar-refractivity contribution in [3.05, 3.63) is 52.3 Å². The van der Waals surface area contributed by atoms with Crippen LogP contribution < -0.4 is 5.43 Å². The van der Waals surface area contributed by atoms with Crippen molar-refractivity contribution in [1.29, 1.82) is 0 Å². The standard InChI is InChI=1S/C15H12N2O3S/c1-2-20-15(19)10-8-16-14-11(13(10)18)12(17-21-14)9-6-4-3-5-7-9/h3-8H,2H2,1H3,(H,16,18). The number of hydrogen-bond donors (Lipinski definition) is 1.